The van der Waals surface area contributed by atoms with Crippen LogP contribution in [-0.2, 0) is 6.42 Å². The third-order valence-electron chi connectivity index (χ3n) is 3.79. The number of halogens is 2. The largest absolute Gasteiger partial charge is 0.420 e. The second-order valence-corrected chi connectivity index (χ2v) is 5.26. The van der Waals surface area contributed by atoms with Crippen LogP contribution < -0.4 is 10.5 Å². The Balaban J connectivity index is 2.26. The Hall–Kier alpha value is -2.88. The zero-order valence-electron chi connectivity index (χ0n) is 12.4. The first kappa shape index (κ1) is 15.0. The van der Waals surface area contributed by atoms with Gasteiger partial charge in [-0.1, -0.05) is 13.3 Å². The first-order valence-corrected chi connectivity index (χ1v) is 7.16. The number of hydrogen-bond donors (Lipinski definition) is 2. The van der Waals surface area contributed by atoms with Crippen molar-refractivity contribution in [1.82, 2.24) is 10.2 Å². The van der Waals surface area contributed by atoms with Gasteiger partial charge in [0, 0.05) is 11.3 Å². The number of H-pyrrole nitrogens is 1. The molecule has 0 radical (unpaired) electrons. The SMILES string of the molecule is CCCc1[nH]nc2c1C(c1cc(F)ccc1F)C(C#N)=C(N)O2. The molecule has 1 aliphatic rings. The highest BCUT2D eigenvalue weighted by molar-refractivity contribution is 5.55. The normalized spacial score (nSPS) is 16.7. The molecule has 7 heteroatoms. The maximum absolute atomic E-state index is 14.3. The number of allylic oxidation sites excluding steroid dienone is 1. The van der Waals surface area contributed by atoms with Crippen LogP contribution in [0.15, 0.2) is 29.7 Å². The van der Waals surface area contributed by atoms with Gasteiger partial charge < -0.3 is 10.5 Å². The number of aryl methyl sites for hydroxylation is 1. The van der Waals surface area contributed by atoms with E-state index in [1.807, 2.05) is 13.0 Å². The number of rotatable bonds is 3. The van der Waals surface area contributed by atoms with Gasteiger partial charge in [0.1, 0.15) is 23.3 Å². The Kier molecular flexibility index (Phi) is 3.74. The van der Waals surface area contributed by atoms with Crippen LogP contribution in [0.2, 0.25) is 0 Å². The predicted molar refractivity (Wildman–Crippen MR) is 78.2 cm³/mol. The Morgan fingerprint density at radius 2 is 2.22 bits per heavy atom. The van der Waals surface area contributed by atoms with Gasteiger partial charge in [-0.25, -0.2) is 8.78 Å². The maximum atomic E-state index is 14.3. The van der Waals surface area contributed by atoms with Crippen LogP contribution in [0.25, 0.3) is 0 Å². The maximum Gasteiger partial charge on any atom is 0.244 e. The lowest BCUT2D eigenvalue weighted by atomic mass is 9.83. The summed E-state index contributed by atoms with van der Waals surface area (Å²) in [5, 5.41) is 16.3. The number of ether oxygens (including phenoxy) is 1. The predicted octanol–water partition coefficient (Wildman–Crippen LogP) is 2.86. The molecule has 0 fully saturated rings. The van der Waals surface area contributed by atoms with Crippen molar-refractivity contribution in [3.05, 3.63) is 58.1 Å². The lowest BCUT2D eigenvalue weighted by molar-refractivity contribution is 0.377. The van der Waals surface area contributed by atoms with Gasteiger partial charge in [-0.2, -0.15) is 5.26 Å². The van der Waals surface area contributed by atoms with E-state index in [0.717, 1.165) is 30.3 Å². The van der Waals surface area contributed by atoms with E-state index < -0.39 is 17.6 Å². The second-order valence-electron chi connectivity index (χ2n) is 5.26. The Morgan fingerprint density at radius 1 is 1.43 bits per heavy atom. The summed E-state index contributed by atoms with van der Waals surface area (Å²) in [6, 6.07) is 5.08. The second kappa shape index (κ2) is 5.72. The molecule has 5 nitrogen and oxygen atoms in total. The topological polar surface area (TPSA) is 87.7 Å². The fraction of sp³-hybridized carbons (Fsp3) is 0.250. The fourth-order valence-corrected chi connectivity index (χ4v) is 2.80. The van der Waals surface area contributed by atoms with Crippen molar-refractivity contribution in [2.75, 3.05) is 0 Å². The summed E-state index contributed by atoms with van der Waals surface area (Å²) in [5.41, 5.74) is 7.09. The van der Waals surface area contributed by atoms with E-state index in [1.54, 1.807) is 0 Å². The van der Waals surface area contributed by atoms with E-state index in [0.29, 0.717) is 12.0 Å². The molecule has 23 heavy (non-hydrogen) atoms. The molecule has 3 rings (SSSR count). The fourth-order valence-electron chi connectivity index (χ4n) is 2.80. The van der Waals surface area contributed by atoms with Crippen molar-refractivity contribution in [1.29, 1.82) is 5.26 Å². The van der Waals surface area contributed by atoms with Crippen molar-refractivity contribution in [3.63, 3.8) is 0 Å². The number of fused-ring (bicyclic) bond motifs is 1. The number of nitrogens with zero attached hydrogens (tertiary/aromatic N) is 2. The number of benzene rings is 1. The van der Waals surface area contributed by atoms with Gasteiger partial charge in [0.2, 0.25) is 11.8 Å². The molecular weight excluding hydrogens is 302 g/mol. The third kappa shape index (κ3) is 2.42. The first-order chi connectivity index (χ1) is 11.1. The molecule has 0 amide bonds. The first-order valence-electron chi connectivity index (χ1n) is 7.16. The number of aromatic nitrogens is 2. The number of nitrogens with one attached hydrogen (secondary N) is 1. The van der Waals surface area contributed by atoms with Gasteiger partial charge in [-0.3, -0.25) is 5.10 Å². The summed E-state index contributed by atoms with van der Waals surface area (Å²) < 4.78 is 33.3. The number of aromatic amines is 1. The summed E-state index contributed by atoms with van der Waals surface area (Å²) in [6.45, 7) is 1.98. The smallest absolute Gasteiger partial charge is 0.244 e. The van der Waals surface area contributed by atoms with E-state index in [4.69, 9.17) is 10.5 Å². The third-order valence-corrected chi connectivity index (χ3v) is 3.79. The summed E-state index contributed by atoms with van der Waals surface area (Å²) in [5.74, 6) is -2.01. The van der Waals surface area contributed by atoms with E-state index >= 15 is 0 Å². The monoisotopic (exact) mass is 316 g/mol. The lowest BCUT2D eigenvalue weighted by Crippen LogP contribution is -2.22. The Labute approximate surface area is 131 Å². The molecule has 2 heterocycles. The van der Waals surface area contributed by atoms with E-state index in [2.05, 4.69) is 10.2 Å². The highest BCUT2D eigenvalue weighted by atomic mass is 19.1. The van der Waals surface area contributed by atoms with Crippen LogP contribution in [0.1, 0.15) is 36.1 Å². The quantitative estimate of drug-likeness (QED) is 0.911. The summed E-state index contributed by atoms with van der Waals surface area (Å²) in [6.07, 6.45) is 1.45. The summed E-state index contributed by atoms with van der Waals surface area (Å²) in [7, 11) is 0. The number of hydrogen-bond acceptors (Lipinski definition) is 4. The molecule has 0 spiro atoms. The number of nitrogens with two attached hydrogens (primary N) is 1. The standard InChI is InChI=1S/C16H14F2N4O/c1-2-3-12-14-13(9-6-8(17)4-5-11(9)18)10(7-19)15(20)23-16(14)22-21-12/h4-6,13H,2-3,20H2,1H3,(H,21,22). The van der Waals surface area contributed by atoms with E-state index in [9.17, 15) is 14.0 Å². The molecule has 0 saturated heterocycles. The van der Waals surface area contributed by atoms with Crippen molar-refractivity contribution in [2.24, 2.45) is 5.73 Å². The van der Waals surface area contributed by atoms with Crippen LogP contribution in [0.4, 0.5) is 8.78 Å². The molecule has 1 aliphatic heterocycles. The average molecular weight is 316 g/mol. The van der Waals surface area contributed by atoms with Crippen LogP contribution in [0, 0.1) is 23.0 Å². The van der Waals surface area contributed by atoms with Gasteiger partial charge in [-0.05, 0) is 24.6 Å². The van der Waals surface area contributed by atoms with Crippen LogP contribution >= 0.6 is 0 Å². The molecule has 1 aromatic carbocycles. The van der Waals surface area contributed by atoms with Crippen molar-refractivity contribution in [3.8, 4) is 11.9 Å². The zero-order valence-corrected chi connectivity index (χ0v) is 12.4. The lowest BCUT2D eigenvalue weighted by Gasteiger charge is -2.24. The molecule has 1 atom stereocenters. The highest BCUT2D eigenvalue weighted by Crippen LogP contribution is 2.43. The summed E-state index contributed by atoms with van der Waals surface area (Å²) in [4.78, 5) is 0. The van der Waals surface area contributed by atoms with Crippen LogP contribution in [0.5, 0.6) is 5.88 Å². The number of nitriles is 1. The minimum absolute atomic E-state index is 0.0350. The minimum Gasteiger partial charge on any atom is -0.420 e. The van der Waals surface area contributed by atoms with Crippen molar-refractivity contribution in [2.45, 2.75) is 25.7 Å². The van der Waals surface area contributed by atoms with Gasteiger partial charge in [0.15, 0.2) is 0 Å². The van der Waals surface area contributed by atoms with Crippen molar-refractivity contribution < 1.29 is 13.5 Å². The molecule has 1 unspecified atom stereocenters. The van der Waals surface area contributed by atoms with Gasteiger partial charge in [0.25, 0.3) is 0 Å². The van der Waals surface area contributed by atoms with Crippen molar-refractivity contribution >= 4 is 0 Å². The molecule has 0 bridgehead atoms. The molecule has 118 valence electrons. The molecule has 0 saturated carbocycles. The molecule has 1 aromatic heterocycles. The zero-order chi connectivity index (χ0) is 16.6. The molecule has 3 N–H and O–H groups in total. The van der Waals surface area contributed by atoms with E-state index in [-0.39, 0.29) is 22.9 Å². The molecule has 0 aliphatic carbocycles. The van der Waals surface area contributed by atoms with Crippen LogP contribution in [-0.4, -0.2) is 10.2 Å². The average Bonchev–Trinajstić information content (AvgIpc) is 2.91. The van der Waals surface area contributed by atoms with Gasteiger partial charge in [0.05, 0.1) is 11.5 Å². The van der Waals surface area contributed by atoms with Gasteiger partial charge in [-0.15, -0.1) is 5.10 Å². The van der Waals surface area contributed by atoms with Gasteiger partial charge >= 0.3 is 0 Å². The molecular formula is C16H14F2N4O. The minimum atomic E-state index is -0.847. The van der Waals surface area contributed by atoms with E-state index in [1.165, 1.54) is 0 Å². The van der Waals surface area contributed by atoms with Crippen LogP contribution in [0.3, 0.4) is 0 Å². The summed E-state index contributed by atoms with van der Waals surface area (Å²) >= 11 is 0. The Bertz CT molecular complexity index is 835. The molecule has 2 aromatic rings. The highest BCUT2D eigenvalue weighted by Gasteiger charge is 2.36. The Morgan fingerprint density at radius 3 is 2.91 bits per heavy atom.